The SMILES string of the molecule is CCC(CN)CCNC1(CC)CCC1. The van der Waals surface area contributed by atoms with Gasteiger partial charge in [0.2, 0.25) is 0 Å². The van der Waals surface area contributed by atoms with Crippen molar-refractivity contribution in [3.63, 3.8) is 0 Å². The molecule has 84 valence electrons. The second-order valence-corrected chi connectivity index (χ2v) is 4.71. The van der Waals surface area contributed by atoms with Crippen LogP contribution in [0.5, 0.6) is 0 Å². The van der Waals surface area contributed by atoms with Gasteiger partial charge < -0.3 is 11.1 Å². The fraction of sp³-hybridized carbons (Fsp3) is 1.00. The molecule has 2 nitrogen and oxygen atoms in total. The molecular formula is C12H26N2. The van der Waals surface area contributed by atoms with E-state index in [4.69, 9.17) is 5.73 Å². The van der Waals surface area contributed by atoms with Gasteiger partial charge in [0.05, 0.1) is 0 Å². The average molecular weight is 198 g/mol. The molecule has 1 aliphatic rings. The molecule has 3 N–H and O–H groups in total. The van der Waals surface area contributed by atoms with Gasteiger partial charge in [0, 0.05) is 5.54 Å². The van der Waals surface area contributed by atoms with E-state index in [1.54, 1.807) is 0 Å². The Morgan fingerprint density at radius 3 is 2.43 bits per heavy atom. The summed E-state index contributed by atoms with van der Waals surface area (Å²) in [6, 6.07) is 0. The summed E-state index contributed by atoms with van der Waals surface area (Å²) in [5, 5.41) is 3.73. The van der Waals surface area contributed by atoms with Crippen LogP contribution >= 0.6 is 0 Å². The summed E-state index contributed by atoms with van der Waals surface area (Å²) in [5.74, 6) is 0.719. The standard InChI is InChI=1S/C12H26N2/c1-3-11(10-13)6-9-14-12(4-2)7-5-8-12/h11,14H,3-10,13H2,1-2H3. The number of hydrogen-bond donors (Lipinski definition) is 2. The highest BCUT2D eigenvalue weighted by Crippen LogP contribution is 2.34. The van der Waals surface area contributed by atoms with Gasteiger partial charge in [-0.3, -0.25) is 0 Å². The van der Waals surface area contributed by atoms with Gasteiger partial charge in [0.1, 0.15) is 0 Å². The van der Waals surface area contributed by atoms with Crippen molar-refractivity contribution in [2.75, 3.05) is 13.1 Å². The van der Waals surface area contributed by atoms with Gasteiger partial charge in [-0.1, -0.05) is 20.3 Å². The molecular weight excluding hydrogens is 172 g/mol. The number of nitrogens with one attached hydrogen (secondary N) is 1. The highest BCUT2D eigenvalue weighted by Gasteiger charge is 2.33. The molecule has 1 atom stereocenters. The molecule has 0 bridgehead atoms. The van der Waals surface area contributed by atoms with Gasteiger partial charge >= 0.3 is 0 Å². The summed E-state index contributed by atoms with van der Waals surface area (Å²) >= 11 is 0. The van der Waals surface area contributed by atoms with E-state index >= 15 is 0 Å². The molecule has 1 unspecified atom stereocenters. The first-order valence-electron chi connectivity index (χ1n) is 6.21. The summed E-state index contributed by atoms with van der Waals surface area (Å²) in [6.45, 7) is 6.53. The lowest BCUT2D eigenvalue weighted by molar-refractivity contribution is 0.174. The van der Waals surface area contributed by atoms with E-state index in [0.29, 0.717) is 5.54 Å². The second-order valence-electron chi connectivity index (χ2n) is 4.71. The quantitative estimate of drug-likeness (QED) is 0.658. The second kappa shape index (κ2) is 5.72. The van der Waals surface area contributed by atoms with Crippen LogP contribution in [-0.4, -0.2) is 18.6 Å². The van der Waals surface area contributed by atoms with Crippen LogP contribution in [0.15, 0.2) is 0 Å². The van der Waals surface area contributed by atoms with Gasteiger partial charge in [0.25, 0.3) is 0 Å². The summed E-state index contributed by atoms with van der Waals surface area (Å²) < 4.78 is 0. The van der Waals surface area contributed by atoms with Crippen LogP contribution < -0.4 is 11.1 Å². The number of rotatable bonds is 7. The van der Waals surface area contributed by atoms with Crippen LogP contribution in [0.4, 0.5) is 0 Å². The van der Waals surface area contributed by atoms with Crippen molar-refractivity contribution in [1.82, 2.24) is 5.32 Å². The summed E-state index contributed by atoms with van der Waals surface area (Å²) in [4.78, 5) is 0. The van der Waals surface area contributed by atoms with Crippen LogP contribution in [0.2, 0.25) is 0 Å². The minimum Gasteiger partial charge on any atom is -0.330 e. The third kappa shape index (κ3) is 2.96. The predicted octanol–water partition coefficient (Wildman–Crippen LogP) is 2.28. The average Bonchev–Trinajstić information content (AvgIpc) is 2.16. The van der Waals surface area contributed by atoms with E-state index in [9.17, 15) is 0 Å². The molecule has 1 aliphatic carbocycles. The molecule has 0 aromatic heterocycles. The summed E-state index contributed by atoms with van der Waals surface area (Å²) in [6.07, 6.45) is 7.92. The van der Waals surface area contributed by atoms with Crippen LogP contribution in [0, 0.1) is 5.92 Å². The molecule has 0 amide bonds. The van der Waals surface area contributed by atoms with Crippen LogP contribution in [0.3, 0.4) is 0 Å². The fourth-order valence-electron chi connectivity index (χ4n) is 2.29. The molecule has 0 saturated heterocycles. The molecule has 2 heteroatoms. The Morgan fingerprint density at radius 2 is 2.07 bits per heavy atom. The molecule has 14 heavy (non-hydrogen) atoms. The monoisotopic (exact) mass is 198 g/mol. The van der Waals surface area contributed by atoms with Gasteiger partial charge in [-0.25, -0.2) is 0 Å². The Balaban J connectivity index is 2.13. The summed E-state index contributed by atoms with van der Waals surface area (Å²) in [7, 11) is 0. The van der Waals surface area contributed by atoms with Crippen molar-refractivity contribution in [2.45, 2.75) is 57.9 Å². The number of nitrogens with two attached hydrogens (primary N) is 1. The summed E-state index contributed by atoms with van der Waals surface area (Å²) in [5.41, 5.74) is 6.19. The maximum Gasteiger partial charge on any atom is 0.0178 e. The highest BCUT2D eigenvalue weighted by atomic mass is 15.0. The maximum absolute atomic E-state index is 5.68. The first-order valence-corrected chi connectivity index (χ1v) is 6.21. The molecule has 1 rings (SSSR count). The normalized spacial score (nSPS) is 21.6. The van der Waals surface area contributed by atoms with E-state index in [1.807, 2.05) is 0 Å². The predicted molar refractivity (Wildman–Crippen MR) is 62.3 cm³/mol. The van der Waals surface area contributed by atoms with Crippen molar-refractivity contribution in [3.05, 3.63) is 0 Å². The first kappa shape index (κ1) is 12.0. The van der Waals surface area contributed by atoms with E-state index in [-0.39, 0.29) is 0 Å². The minimum absolute atomic E-state index is 0.507. The Morgan fingerprint density at radius 1 is 1.36 bits per heavy atom. The zero-order valence-corrected chi connectivity index (χ0v) is 9.81. The first-order chi connectivity index (χ1) is 6.76. The van der Waals surface area contributed by atoms with Gasteiger partial charge in [-0.05, 0) is 51.1 Å². The van der Waals surface area contributed by atoms with Crippen molar-refractivity contribution in [2.24, 2.45) is 11.7 Å². The smallest absolute Gasteiger partial charge is 0.0178 e. The van der Waals surface area contributed by atoms with E-state index < -0.39 is 0 Å². The van der Waals surface area contributed by atoms with E-state index in [0.717, 1.165) is 19.0 Å². The Labute approximate surface area is 88.6 Å². The van der Waals surface area contributed by atoms with Gasteiger partial charge in [-0.2, -0.15) is 0 Å². The molecule has 1 saturated carbocycles. The Kier molecular flexibility index (Phi) is 4.90. The molecule has 0 aromatic rings. The lowest BCUT2D eigenvalue weighted by Gasteiger charge is -2.42. The van der Waals surface area contributed by atoms with Crippen molar-refractivity contribution < 1.29 is 0 Å². The molecule has 0 aromatic carbocycles. The van der Waals surface area contributed by atoms with Crippen molar-refractivity contribution in [1.29, 1.82) is 0 Å². The highest BCUT2D eigenvalue weighted by molar-refractivity contribution is 4.94. The van der Waals surface area contributed by atoms with Crippen LogP contribution in [-0.2, 0) is 0 Å². The molecule has 0 radical (unpaired) electrons. The van der Waals surface area contributed by atoms with Crippen LogP contribution in [0.25, 0.3) is 0 Å². The Bertz CT molecular complexity index is 143. The maximum atomic E-state index is 5.68. The lowest BCUT2D eigenvalue weighted by Crippen LogP contribution is -2.51. The zero-order chi connectivity index (χ0) is 10.4. The molecule has 0 spiro atoms. The topological polar surface area (TPSA) is 38.0 Å². The minimum atomic E-state index is 0.507. The van der Waals surface area contributed by atoms with E-state index in [1.165, 1.54) is 38.5 Å². The molecule has 1 fully saturated rings. The van der Waals surface area contributed by atoms with Crippen LogP contribution in [0.1, 0.15) is 52.4 Å². The van der Waals surface area contributed by atoms with Gasteiger partial charge in [0.15, 0.2) is 0 Å². The van der Waals surface area contributed by atoms with Crippen molar-refractivity contribution in [3.8, 4) is 0 Å². The van der Waals surface area contributed by atoms with Crippen molar-refractivity contribution >= 4 is 0 Å². The lowest BCUT2D eigenvalue weighted by atomic mass is 9.75. The Hall–Kier alpha value is -0.0800. The number of hydrogen-bond acceptors (Lipinski definition) is 2. The molecule has 0 aliphatic heterocycles. The largest absolute Gasteiger partial charge is 0.330 e. The third-order valence-corrected chi connectivity index (χ3v) is 3.95. The van der Waals surface area contributed by atoms with Gasteiger partial charge in [-0.15, -0.1) is 0 Å². The fourth-order valence-corrected chi connectivity index (χ4v) is 2.29. The van der Waals surface area contributed by atoms with E-state index in [2.05, 4.69) is 19.2 Å². The molecule has 0 heterocycles. The third-order valence-electron chi connectivity index (χ3n) is 3.95. The zero-order valence-electron chi connectivity index (χ0n) is 9.81.